The lowest BCUT2D eigenvalue weighted by atomic mass is 10.5. The van der Waals surface area contributed by atoms with Crippen LogP contribution in [0.15, 0.2) is 6.33 Å². The second-order valence-corrected chi connectivity index (χ2v) is 2.48. The summed E-state index contributed by atoms with van der Waals surface area (Å²) in [4.78, 5) is 11.6. The fourth-order valence-corrected chi connectivity index (χ4v) is 0.626. The van der Waals surface area contributed by atoms with E-state index in [2.05, 4.69) is 15.0 Å². The van der Waals surface area contributed by atoms with Crippen molar-refractivity contribution in [2.75, 3.05) is 0 Å². The van der Waals surface area contributed by atoms with Gasteiger partial charge in [0.25, 0.3) is 0 Å². The van der Waals surface area contributed by atoms with E-state index in [1.165, 1.54) is 6.33 Å². The van der Waals surface area contributed by atoms with Crippen molar-refractivity contribution in [1.29, 1.82) is 0 Å². The fraction of sp³-hybridized carbons (Fsp3) is 0.571. The molecule has 0 amide bonds. The van der Waals surface area contributed by atoms with Gasteiger partial charge in [-0.05, 0) is 20.8 Å². The van der Waals surface area contributed by atoms with Crippen molar-refractivity contribution in [1.82, 2.24) is 15.0 Å². The molecule has 11 heavy (non-hydrogen) atoms. The molecule has 0 saturated carbocycles. The highest BCUT2D eigenvalue weighted by Gasteiger charge is 1.99. The standard InChI is InChI=1S/C7H11N3O/c1-5(2)11-7-9-4-8-6(3)10-7/h4-5H,1-3H3. The quantitative estimate of drug-likeness (QED) is 0.635. The molecule has 0 aromatic carbocycles. The Balaban J connectivity index is 2.71. The van der Waals surface area contributed by atoms with Crippen molar-refractivity contribution in [3.05, 3.63) is 12.2 Å². The number of nitrogens with zero attached hydrogens (tertiary/aromatic N) is 3. The summed E-state index contributed by atoms with van der Waals surface area (Å²) in [6, 6.07) is 0.396. The van der Waals surface area contributed by atoms with Crippen LogP contribution < -0.4 is 4.74 Å². The third-order valence-electron chi connectivity index (χ3n) is 1.01. The molecular weight excluding hydrogens is 142 g/mol. The van der Waals surface area contributed by atoms with Crippen LogP contribution in [0.1, 0.15) is 19.7 Å². The Morgan fingerprint density at radius 3 is 2.64 bits per heavy atom. The molecule has 1 heterocycles. The Morgan fingerprint density at radius 1 is 1.36 bits per heavy atom. The highest BCUT2D eigenvalue weighted by Crippen LogP contribution is 2.01. The maximum absolute atomic E-state index is 5.23. The second kappa shape index (κ2) is 3.27. The SMILES string of the molecule is Cc1ncnc(OC(C)C)n1. The van der Waals surface area contributed by atoms with Crippen LogP contribution in [0.3, 0.4) is 0 Å². The van der Waals surface area contributed by atoms with E-state index in [4.69, 9.17) is 4.74 Å². The Hall–Kier alpha value is -1.19. The smallest absolute Gasteiger partial charge is 0.319 e. The van der Waals surface area contributed by atoms with Crippen LogP contribution in [0.5, 0.6) is 6.01 Å². The lowest BCUT2D eigenvalue weighted by Crippen LogP contribution is -2.09. The molecule has 60 valence electrons. The molecule has 0 unspecified atom stereocenters. The number of aromatic nitrogens is 3. The highest BCUT2D eigenvalue weighted by molar-refractivity contribution is 4.93. The molecule has 1 aromatic rings. The summed E-state index contributed by atoms with van der Waals surface area (Å²) in [5.41, 5.74) is 0. The summed E-state index contributed by atoms with van der Waals surface area (Å²) in [5, 5.41) is 0. The Bertz CT molecular complexity index is 237. The molecule has 0 aliphatic heterocycles. The molecule has 0 radical (unpaired) electrons. The van der Waals surface area contributed by atoms with Crippen LogP contribution in [0.4, 0.5) is 0 Å². The van der Waals surface area contributed by atoms with Crippen molar-refractivity contribution < 1.29 is 4.74 Å². The van der Waals surface area contributed by atoms with Crippen LogP contribution in [-0.2, 0) is 0 Å². The highest BCUT2D eigenvalue weighted by atomic mass is 16.5. The first kappa shape index (κ1) is 7.91. The molecule has 4 nitrogen and oxygen atoms in total. The molecule has 1 aromatic heterocycles. The van der Waals surface area contributed by atoms with Crippen LogP contribution in [0.25, 0.3) is 0 Å². The zero-order valence-electron chi connectivity index (χ0n) is 6.90. The molecule has 0 atom stereocenters. The van der Waals surface area contributed by atoms with Crippen LogP contribution in [0, 0.1) is 6.92 Å². The van der Waals surface area contributed by atoms with Gasteiger partial charge in [0, 0.05) is 0 Å². The molecule has 0 bridgehead atoms. The largest absolute Gasteiger partial charge is 0.461 e. The molecule has 0 aliphatic carbocycles. The molecule has 0 saturated heterocycles. The van der Waals surface area contributed by atoms with Crippen LogP contribution in [0.2, 0.25) is 0 Å². The molecular formula is C7H11N3O. The van der Waals surface area contributed by atoms with E-state index in [-0.39, 0.29) is 6.10 Å². The summed E-state index contributed by atoms with van der Waals surface area (Å²) in [6.07, 6.45) is 1.55. The van der Waals surface area contributed by atoms with E-state index in [1.54, 1.807) is 6.92 Å². The first-order valence-electron chi connectivity index (χ1n) is 3.51. The number of hydrogen-bond acceptors (Lipinski definition) is 4. The van der Waals surface area contributed by atoms with E-state index < -0.39 is 0 Å². The molecule has 4 heteroatoms. The maximum atomic E-state index is 5.23. The molecule has 0 N–H and O–H groups in total. The van der Waals surface area contributed by atoms with Crippen molar-refractivity contribution in [2.24, 2.45) is 0 Å². The van der Waals surface area contributed by atoms with Crippen molar-refractivity contribution in [2.45, 2.75) is 26.9 Å². The monoisotopic (exact) mass is 153 g/mol. The fourth-order valence-electron chi connectivity index (χ4n) is 0.626. The van der Waals surface area contributed by atoms with Gasteiger partial charge < -0.3 is 4.74 Å². The number of aryl methyl sites for hydroxylation is 1. The van der Waals surface area contributed by atoms with Gasteiger partial charge in [-0.3, -0.25) is 0 Å². The van der Waals surface area contributed by atoms with E-state index in [9.17, 15) is 0 Å². The minimum absolute atomic E-state index is 0.108. The van der Waals surface area contributed by atoms with Gasteiger partial charge in [0.15, 0.2) is 0 Å². The number of hydrogen-bond donors (Lipinski definition) is 0. The topological polar surface area (TPSA) is 47.9 Å². The molecule has 1 rings (SSSR count). The first-order chi connectivity index (χ1) is 5.18. The second-order valence-electron chi connectivity index (χ2n) is 2.48. The average Bonchev–Trinajstić information content (AvgIpc) is 1.85. The Kier molecular flexibility index (Phi) is 2.36. The minimum atomic E-state index is 0.108. The lowest BCUT2D eigenvalue weighted by molar-refractivity contribution is 0.220. The van der Waals surface area contributed by atoms with Gasteiger partial charge in [-0.25, -0.2) is 4.98 Å². The van der Waals surface area contributed by atoms with Gasteiger partial charge in [0.1, 0.15) is 12.2 Å². The van der Waals surface area contributed by atoms with E-state index in [1.807, 2.05) is 13.8 Å². The van der Waals surface area contributed by atoms with Gasteiger partial charge in [-0.2, -0.15) is 9.97 Å². The van der Waals surface area contributed by atoms with Crippen molar-refractivity contribution >= 4 is 0 Å². The van der Waals surface area contributed by atoms with Crippen LogP contribution in [-0.4, -0.2) is 21.1 Å². The lowest BCUT2D eigenvalue weighted by Gasteiger charge is -2.05. The Labute approximate surface area is 65.7 Å². The predicted octanol–water partition coefficient (Wildman–Crippen LogP) is 0.967. The van der Waals surface area contributed by atoms with E-state index >= 15 is 0 Å². The summed E-state index contributed by atoms with van der Waals surface area (Å²) in [7, 11) is 0. The third-order valence-corrected chi connectivity index (χ3v) is 1.01. The zero-order chi connectivity index (χ0) is 8.27. The third kappa shape index (κ3) is 2.49. The van der Waals surface area contributed by atoms with E-state index in [0.29, 0.717) is 11.8 Å². The summed E-state index contributed by atoms with van der Waals surface area (Å²) < 4.78 is 5.23. The molecule has 0 aliphatic rings. The number of rotatable bonds is 2. The summed E-state index contributed by atoms with van der Waals surface area (Å²) >= 11 is 0. The predicted molar refractivity (Wildman–Crippen MR) is 40.3 cm³/mol. The summed E-state index contributed by atoms with van der Waals surface area (Å²) in [6.45, 7) is 5.66. The van der Waals surface area contributed by atoms with Crippen LogP contribution >= 0.6 is 0 Å². The minimum Gasteiger partial charge on any atom is -0.461 e. The Morgan fingerprint density at radius 2 is 2.09 bits per heavy atom. The van der Waals surface area contributed by atoms with Crippen molar-refractivity contribution in [3.63, 3.8) is 0 Å². The van der Waals surface area contributed by atoms with Gasteiger partial charge in [-0.15, -0.1) is 0 Å². The van der Waals surface area contributed by atoms with Gasteiger partial charge in [0.2, 0.25) is 0 Å². The van der Waals surface area contributed by atoms with Gasteiger partial charge in [0.05, 0.1) is 6.10 Å². The van der Waals surface area contributed by atoms with Gasteiger partial charge in [-0.1, -0.05) is 0 Å². The number of ether oxygens (including phenoxy) is 1. The average molecular weight is 153 g/mol. The first-order valence-corrected chi connectivity index (χ1v) is 3.51. The molecule has 0 spiro atoms. The normalized spacial score (nSPS) is 10.2. The zero-order valence-corrected chi connectivity index (χ0v) is 6.90. The maximum Gasteiger partial charge on any atom is 0.319 e. The van der Waals surface area contributed by atoms with Crippen molar-refractivity contribution in [3.8, 4) is 6.01 Å². The van der Waals surface area contributed by atoms with Gasteiger partial charge >= 0.3 is 6.01 Å². The molecule has 0 fully saturated rings. The summed E-state index contributed by atoms with van der Waals surface area (Å²) in [5.74, 6) is 0.677. The van der Waals surface area contributed by atoms with E-state index in [0.717, 1.165) is 0 Å².